The number of anilines is 1. The number of likely N-dealkylation sites (N-methyl/N-ethyl adjacent to an activating group) is 1. The Morgan fingerprint density at radius 3 is 2.70 bits per heavy atom. The minimum atomic E-state index is -0.719. The maximum atomic E-state index is 11.5. The van der Waals surface area contributed by atoms with Crippen molar-refractivity contribution in [3.63, 3.8) is 0 Å². The Bertz CT molecular complexity index is 469. The molecule has 1 aliphatic heterocycles. The molecule has 2 heterocycles. The van der Waals surface area contributed by atoms with Crippen molar-refractivity contribution >= 4 is 11.7 Å². The number of rotatable bonds is 5. The van der Waals surface area contributed by atoms with E-state index in [9.17, 15) is 9.90 Å². The van der Waals surface area contributed by atoms with Crippen LogP contribution >= 0.6 is 0 Å². The fourth-order valence-electron chi connectivity index (χ4n) is 2.88. The molecule has 1 fully saturated rings. The fraction of sp³-hybridized carbons (Fsp3) is 0.667. The second-order valence-corrected chi connectivity index (χ2v) is 6.06. The van der Waals surface area contributed by atoms with Crippen LogP contribution in [-0.2, 0) is 11.8 Å². The van der Waals surface area contributed by atoms with E-state index in [0.29, 0.717) is 6.04 Å². The summed E-state index contributed by atoms with van der Waals surface area (Å²) in [6.45, 7) is 5.23. The average molecular weight is 279 g/mol. The molecular weight excluding hydrogens is 254 g/mol. The lowest BCUT2D eigenvalue weighted by molar-refractivity contribution is -0.138. The lowest BCUT2D eigenvalue weighted by Gasteiger charge is -2.33. The molecule has 1 aliphatic rings. The van der Waals surface area contributed by atoms with Crippen molar-refractivity contribution in [1.82, 2.24) is 9.47 Å². The number of aryl methyl sites for hydroxylation is 1. The molecule has 1 N–H and O–H groups in total. The van der Waals surface area contributed by atoms with E-state index in [4.69, 9.17) is 0 Å². The van der Waals surface area contributed by atoms with Gasteiger partial charge >= 0.3 is 5.97 Å². The van der Waals surface area contributed by atoms with Gasteiger partial charge in [0.25, 0.3) is 0 Å². The third-order valence-corrected chi connectivity index (χ3v) is 4.28. The Balaban J connectivity index is 2.21. The Morgan fingerprint density at radius 1 is 1.50 bits per heavy atom. The Morgan fingerprint density at radius 2 is 2.20 bits per heavy atom. The quantitative estimate of drug-likeness (QED) is 0.892. The van der Waals surface area contributed by atoms with E-state index in [1.54, 1.807) is 0 Å². The highest BCUT2D eigenvalue weighted by Crippen LogP contribution is 2.31. The van der Waals surface area contributed by atoms with Crippen molar-refractivity contribution in [3.05, 3.63) is 18.5 Å². The summed E-state index contributed by atoms with van der Waals surface area (Å²) in [6.07, 6.45) is 5.63. The smallest absolute Gasteiger partial charge is 0.326 e. The average Bonchev–Trinajstić information content (AvgIpc) is 2.95. The van der Waals surface area contributed by atoms with Crippen LogP contribution in [0.5, 0.6) is 0 Å². The van der Waals surface area contributed by atoms with Crippen LogP contribution in [0.2, 0.25) is 0 Å². The summed E-state index contributed by atoms with van der Waals surface area (Å²) in [7, 11) is 4.06. The molecule has 2 atom stereocenters. The first-order valence-electron chi connectivity index (χ1n) is 7.23. The molecule has 112 valence electrons. The molecule has 0 radical (unpaired) electrons. The fourth-order valence-corrected chi connectivity index (χ4v) is 2.88. The number of nitrogens with zero attached hydrogens (tertiary/aromatic N) is 3. The van der Waals surface area contributed by atoms with Crippen LogP contribution < -0.4 is 4.90 Å². The van der Waals surface area contributed by atoms with Crippen molar-refractivity contribution in [2.45, 2.75) is 44.8 Å². The zero-order chi connectivity index (χ0) is 14.9. The van der Waals surface area contributed by atoms with Crippen molar-refractivity contribution < 1.29 is 9.90 Å². The first-order valence-corrected chi connectivity index (χ1v) is 7.23. The molecule has 0 spiro atoms. The van der Waals surface area contributed by atoms with E-state index in [-0.39, 0.29) is 6.04 Å². The number of carboxylic acid groups (broad SMARTS) is 1. The predicted octanol–water partition coefficient (Wildman–Crippen LogP) is 1.79. The highest BCUT2D eigenvalue weighted by Gasteiger charge is 2.38. The number of aromatic nitrogens is 1. The van der Waals surface area contributed by atoms with E-state index < -0.39 is 12.0 Å². The molecule has 1 aromatic heterocycles. The first kappa shape index (κ1) is 14.9. The Hall–Kier alpha value is -1.49. The van der Waals surface area contributed by atoms with Crippen molar-refractivity contribution in [2.24, 2.45) is 7.05 Å². The van der Waals surface area contributed by atoms with Crippen LogP contribution in [-0.4, -0.2) is 52.3 Å². The van der Waals surface area contributed by atoms with Crippen molar-refractivity contribution in [3.8, 4) is 0 Å². The zero-order valence-electron chi connectivity index (χ0n) is 12.8. The van der Waals surface area contributed by atoms with Crippen molar-refractivity contribution in [2.75, 3.05) is 18.5 Å². The second kappa shape index (κ2) is 5.87. The van der Waals surface area contributed by atoms with Gasteiger partial charge in [-0.3, -0.25) is 0 Å². The second-order valence-electron chi connectivity index (χ2n) is 6.06. The maximum absolute atomic E-state index is 11.5. The van der Waals surface area contributed by atoms with Crippen LogP contribution in [0.25, 0.3) is 0 Å². The van der Waals surface area contributed by atoms with Gasteiger partial charge in [-0.05, 0) is 39.8 Å². The summed E-state index contributed by atoms with van der Waals surface area (Å²) >= 11 is 0. The lowest BCUT2D eigenvalue weighted by atomic mass is 10.2. The minimum absolute atomic E-state index is 0.269. The molecule has 0 aromatic carbocycles. The molecule has 0 bridgehead atoms. The molecule has 1 saturated heterocycles. The van der Waals surface area contributed by atoms with E-state index in [2.05, 4.69) is 30.7 Å². The van der Waals surface area contributed by atoms with Gasteiger partial charge < -0.3 is 19.5 Å². The van der Waals surface area contributed by atoms with Crippen LogP contribution in [0.15, 0.2) is 18.5 Å². The monoisotopic (exact) mass is 279 g/mol. The number of aliphatic carboxylic acids is 1. The third-order valence-electron chi connectivity index (χ3n) is 4.28. The van der Waals surface area contributed by atoms with Gasteiger partial charge in [0.15, 0.2) is 0 Å². The molecule has 0 amide bonds. The highest BCUT2D eigenvalue weighted by molar-refractivity contribution is 5.79. The molecule has 20 heavy (non-hydrogen) atoms. The van der Waals surface area contributed by atoms with E-state index in [1.807, 2.05) is 30.1 Å². The summed E-state index contributed by atoms with van der Waals surface area (Å²) in [4.78, 5) is 15.9. The lowest BCUT2D eigenvalue weighted by Crippen LogP contribution is -2.46. The van der Waals surface area contributed by atoms with Gasteiger partial charge in [-0.1, -0.05) is 0 Å². The summed E-state index contributed by atoms with van der Waals surface area (Å²) in [5.41, 5.74) is 1.01. The summed E-state index contributed by atoms with van der Waals surface area (Å²) in [6, 6.07) is 2.34. The van der Waals surface area contributed by atoms with Gasteiger partial charge in [0.2, 0.25) is 0 Å². The molecule has 0 unspecified atom stereocenters. The summed E-state index contributed by atoms with van der Waals surface area (Å²) in [5.74, 6) is -0.719. The number of carbonyl (C=O) groups is 1. The van der Waals surface area contributed by atoms with Crippen LogP contribution in [0, 0.1) is 0 Å². The molecule has 2 rings (SSSR count). The Labute approximate surface area is 120 Å². The molecule has 0 saturated carbocycles. The van der Waals surface area contributed by atoms with Gasteiger partial charge in [-0.2, -0.15) is 0 Å². The standard InChI is InChI=1S/C15H25N3O2/c1-11(2)17(4)10-12-5-6-14(15(19)20)18(12)13-7-8-16(3)9-13/h7-9,11-12,14H,5-6,10H2,1-4H3,(H,19,20)/t12-,14-/m1/s1. The SMILES string of the molecule is CC(C)N(C)C[C@H]1CC[C@H](C(=O)O)N1c1ccn(C)c1. The summed E-state index contributed by atoms with van der Waals surface area (Å²) in [5, 5.41) is 9.45. The predicted molar refractivity (Wildman–Crippen MR) is 80.1 cm³/mol. The number of hydrogen-bond acceptors (Lipinski definition) is 3. The Kier molecular flexibility index (Phi) is 4.38. The number of hydrogen-bond donors (Lipinski definition) is 1. The molecule has 5 heteroatoms. The van der Waals surface area contributed by atoms with Gasteiger partial charge in [0.1, 0.15) is 6.04 Å². The van der Waals surface area contributed by atoms with E-state index in [0.717, 1.165) is 25.1 Å². The van der Waals surface area contributed by atoms with E-state index >= 15 is 0 Å². The van der Waals surface area contributed by atoms with Crippen LogP contribution in [0.1, 0.15) is 26.7 Å². The van der Waals surface area contributed by atoms with Gasteiger partial charge in [-0.15, -0.1) is 0 Å². The van der Waals surface area contributed by atoms with Crippen molar-refractivity contribution in [1.29, 1.82) is 0 Å². The highest BCUT2D eigenvalue weighted by atomic mass is 16.4. The van der Waals surface area contributed by atoms with Gasteiger partial charge in [0.05, 0.1) is 5.69 Å². The molecule has 1 aromatic rings. The third kappa shape index (κ3) is 2.98. The minimum Gasteiger partial charge on any atom is -0.480 e. The first-order chi connectivity index (χ1) is 9.40. The topological polar surface area (TPSA) is 48.7 Å². The maximum Gasteiger partial charge on any atom is 0.326 e. The van der Waals surface area contributed by atoms with E-state index in [1.165, 1.54) is 0 Å². The van der Waals surface area contributed by atoms with Gasteiger partial charge in [0, 0.05) is 38.1 Å². The largest absolute Gasteiger partial charge is 0.480 e. The molecule has 5 nitrogen and oxygen atoms in total. The molecule has 0 aliphatic carbocycles. The normalized spacial score (nSPS) is 23.0. The van der Waals surface area contributed by atoms with Crippen LogP contribution in [0.3, 0.4) is 0 Å². The van der Waals surface area contributed by atoms with Gasteiger partial charge in [-0.25, -0.2) is 4.79 Å². The summed E-state index contributed by atoms with van der Waals surface area (Å²) < 4.78 is 1.97. The number of carboxylic acids is 1. The zero-order valence-corrected chi connectivity index (χ0v) is 12.8. The van der Waals surface area contributed by atoms with Crippen LogP contribution in [0.4, 0.5) is 5.69 Å². The molecular formula is C15H25N3O2.